The summed E-state index contributed by atoms with van der Waals surface area (Å²) >= 11 is 0. The van der Waals surface area contributed by atoms with Gasteiger partial charge in [0, 0.05) is 6.07 Å². The zero-order valence-electron chi connectivity index (χ0n) is 16.9. The van der Waals surface area contributed by atoms with Crippen LogP contribution in [0, 0.1) is 0 Å². The lowest BCUT2D eigenvalue weighted by Crippen LogP contribution is -2.30. The fraction of sp³-hybridized carbons (Fsp3) is 0.500. The second kappa shape index (κ2) is 13.5. The van der Waals surface area contributed by atoms with Crippen molar-refractivity contribution in [2.45, 2.75) is 51.4 Å². The lowest BCUT2D eigenvalue weighted by atomic mass is 10.1. The molecule has 2 aromatic carbocycles. The third-order valence-electron chi connectivity index (χ3n) is 5.12. The maximum absolute atomic E-state index is 5.90. The predicted molar refractivity (Wildman–Crippen MR) is 119 cm³/mol. The quantitative estimate of drug-likeness (QED) is 0.389. The highest BCUT2D eigenvalue weighted by Crippen LogP contribution is 2.25. The average Bonchev–Trinajstić information content (AvgIpc) is 2.72. The number of para-hydroxylation sites is 1. The smallest absolute Gasteiger partial charge is 0.131 e. The van der Waals surface area contributed by atoms with Gasteiger partial charge in [-0.25, -0.2) is 0 Å². The maximum Gasteiger partial charge on any atom is 0.131 e. The van der Waals surface area contributed by atoms with Crippen molar-refractivity contribution in [3.8, 4) is 17.2 Å². The van der Waals surface area contributed by atoms with E-state index < -0.39 is 0 Å². The first-order valence-corrected chi connectivity index (χ1v) is 10.6. The zero-order valence-corrected chi connectivity index (χ0v) is 17.7. The molecule has 0 amide bonds. The monoisotopic (exact) mass is 403 g/mol. The van der Waals surface area contributed by atoms with Crippen molar-refractivity contribution in [1.29, 1.82) is 0 Å². The molecular weight excluding hydrogens is 370 g/mol. The van der Waals surface area contributed by atoms with E-state index in [1.165, 1.54) is 64.6 Å². The summed E-state index contributed by atoms with van der Waals surface area (Å²) in [5.41, 5.74) is 0. The molecule has 1 saturated heterocycles. The van der Waals surface area contributed by atoms with Crippen LogP contribution in [-0.2, 0) is 0 Å². The van der Waals surface area contributed by atoms with Gasteiger partial charge in [0.2, 0.25) is 0 Å². The van der Waals surface area contributed by atoms with E-state index in [9.17, 15) is 0 Å². The molecule has 1 fully saturated rings. The van der Waals surface area contributed by atoms with Gasteiger partial charge in [-0.15, -0.1) is 12.4 Å². The summed E-state index contributed by atoms with van der Waals surface area (Å²) in [7, 11) is 0. The molecule has 0 atom stereocenters. The van der Waals surface area contributed by atoms with Crippen molar-refractivity contribution in [2.75, 3.05) is 26.2 Å². The van der Waals surface area contributed by atoms with Crippen LogP contribution in [0.1, 0.15) is 51.4 Å². The molecule has 1 heterocycles. The minimum Gasteiger partial charge on any atom is -0.493 e. The topological polar surface area (TPSA) is 21.7 Å². The van der Waals surface area contributed by atoms with Gasteiger partial charge in [0.05, 0.1) is 6.61 Å². The molecule has 3 nitrogen and oxygen atoms in total. The fourth-order valence-electron chi connectivity index (χ4n) is 3.59. The molecule has 0 aliphatic carbocycles. The summed E-state index contributed by atoms with van der Waals surface area (Å²) in [6.45, 7) is 4.72. The van der Waals surface area contributed by atoms with E-state index in [0.29, 0.717) is 0 Å². The zero-order chi connectivity index (χ0) is 18.6. The van der Waals surface area contributed by atoms with Gasteiger partial charge in [0.1, 0.15) is 17.2 Å². The Hall–Kier alpha value is -1.71. The molecule has 0 bridgehead atoms. The molecule has 0 aromatic heterocycles. The van der Waals surface area contributed by atoms with Gasteiger partial charge in [-0.3, -0.25) is 0 Å². The molecule has 1 aliphatic rings. The van der Waals surface area contributed by atoms with Crippen molar-refractivity contribution in [2.24, 2.45) is 0 Å². The predicted octanol–water partition coefficient (Wildman–Crippen LogP) is 6.72. The lowest BCUT2D eigenvalue weighted by Gasteiger charge is -2.26. The summed E-state index contributed by atoms with van der Waals surface area (Å²) in [6.07, 6.45) is 10.6. The first-order chi connectivity index (χ1) is 13.4. The molecule has 28 heavy (non-hydrogen) atoms. The molecular formula is C24H34ClNO2. The Bertz CT molecular complexity index is 644. The number of rotatable bonds is 11. The van der Waals surface area contributed by atoms with Crippen molar-refractivity contribution >= 4 is 12.4 Å². The number of piperidine rings is 1. The second-order valence-electron chi connectivity index (χ2n) is 7.41. The summed E-state index contributed by atoms with van der Waals surface area (Å²) in [5, 5.41) is 0. The number of likely N-dealkylation sites (tertiary alicyclic amines) is 1. The van der Waals surface area contributed by atoms with E-state index in [1.807, 2.05) is 54.6 Å². The van der Waals surface area contributed by atoms with Gasteiger partial charge >= 0.3 is 0 Å². The Morgan fingerprint density at radius 3 is 2.18 bits per heavy atom. The number of halogens is 1. The van der Waals surface area contributed by atoms with Crippen LogP contribution in [0.15, 0.2) is 54.6 Å². The molecule has 3 rings (SSSR count). The standard InChI is InChI=1S/C24H33NO2.ClH/c1(2-8-17-25-18-9-5-10-19-25)3-11-20-26-23-15-12-16-24(21-23)27-22-13-6-4-7-14-22;/h4,6-7,12-16,21H,1-3,5,8-11,17-20H2;1H. The molecule has 0 spiro atoms. The third kappa shape index (κ3) is 8.53. The van der Waals surface area contributed by atoms with Gasteiger partial charge in [0.25, 0.3) is 0 Å². The van der Waals surface area contributed by atoms with Crippen LogP contribution in [0.3, 0.4) is 0 Å². The van der Waals surface area contributed by atoms with E-state index in [2.05, 4.69) is 4.90 Å². The number of benzene rings is 2. The van der Waals surface area contributed by atoms with Gasteiger partial charge in [0.15, 0.2) is 0 Å². The Balaban J connectivity index is 0.00000280. The normalized spacial score (nSPS) is 14.3. The number of ether oxygens (including phenoxy) is 2. The van der Waals surface area contributed by atoms with Crippen LogP contribution in [-0.4, -0.2) is 31.1 Å². The van der Waals surface area contributed by atoms with Crippen LogP contribution in [0.4, 0.5) is 0 Å². The Morgan fingerprint density at radius 2 is 1.36 bits per heavy atom. The van der Waals surface area contributed by atoms with E-state index in [1.54, 1.807) is 0 Å². The largest absolute Gasteiger partial charge is 0.493 e. The number of nitrogens with zero attached hydrogens (tertiary/aromatic N) is 1. The molecule has 2 aromatic rings. The van der Waals surface area contributed by atoms with E-state index in [4.69, 9.17) is 9.47 Å². The van der Waals surface area contributed by atoms with Gasteiger partial charge in [-0.2, -0.15) is 0 Å². The van der Waals surface area contributed by atoms with Gasteiger partial charge in [-0.05, 0) is 69.6 Å². The minimum atomic E-state index is 0. The van der Waals surface area contributed by atoms with E-state index in [-0.39, 0.29) is 12.4 Å². The highest BCUT2D eigenvalue weighted by atomic mass is 35.5. The summed E-state index contributed by atoms with van der Waals surface area (Å²) in [6, 6.07) is 17.8. The maximum atomic E-state index is 5.90. The first kappa shape index (κ1) is 22.6. The molecule has 1 aliphatic heterocycles. The Kier molecular flexibility index (Phi) is 10.9. The first-order valence-electron chi connectivity index (χ1n) is 10.6. The van der Waals surface area contributed by atoms with Gasteiger partial charge < -0.3 is 14.4 Å². The number of unbranched alkanes of at least 4 members (excludes halogenated alkanes) is 4. The highest BCUT2D eigenvalue weighted by Gasteiger charge is 2.08. The second-order valence-corrected chi connectivity index (χ2v) is 7.41. The molecule has 0 unspecified atom stereocenters. The SMILES string of the molecule is Cl.c1ccc(Oc2cccc(OCCCCCCCN3CCCCC3)c2)cc1. The number of hydrogen-bond acceptors (Lipinski definition) is 3. The third-order valence-corrected chi connectivity index (χ3v) is 5.12. The minimum absolute atomic E-state index is 0. The summed E-state index contributed by atoms with van der Waals surface area (Å²) in [4.78, 5) is 2.64. The molecule has 4 heteroatoms. The average molecular weight is 404 g/mol. The Labute approximate surface area is 176 Å². The molecule has 154 valence electrons. The Morgan fingerprint density at radius 1 is 0.679 bits per heavy atom. The molecule has 0 saturated carbocycles. The van der Waals surface area contributed by atoms with Crippen LogP contribution in [0.5, 0.6) is 17.2 Å². The van der Waals surface area contributed by atoms with Crippen LogP contribution >= 0.6 is 12.4 Å². The van der Waals surface area contributed by atoms with Crippen molar-refractivity contribution in [3.05, 3.63) is 54.6 Å². The molecule has 0 radical (unpaired) electrons. The van der Waals surface area contributed by atoms with Crippen LogP contribution in [0.25, 0.3) is 0 Å². The van der Waals surface area contributed by atoms with E-state index >= 15 is 0 Å². The van der Waals surface area contributed by atoms with Gasteiger partial charge in [-0.1, -0.05) is 49.9 Å². The van der Waals surface area contributed by atoms with Crippen molar-refractivity contribution in [1.82, 2.24) is 4.90 Å². The van der Waals surface area contributed by atoms with E-state index in [0.717, 1.165) is 30.3 Å². The lowest BCUT2D eigenvalue weighted by molar-refractivity contribution is 0.223. The van der Waals surface area contributed by atoms with Crippen molar-refractivity contribution < 1.29 is 9.47 Å². The number of hydrogen-bond donors (Lipinski definition) is 0. The van der Waals surface area contributed by atoms with Crippen LogP contribution in [0.2, 0.25) is 0 Å². The summed E-state index contributed by atoms with van der Waals surface area (Å²) < 4.78 is 11.8. The van der Waals surface area contributed by atoms with Crippen LogP contribution < -0.4 is 9.47 Å². The van der Waals surface area contributed by atoms with Crippen molar-refractivity contribution in [3.63, 3.8) is 0 Å². The summed E-state index contributed by atoms with van der Waals surface area (Å²) in [5.74, 6) is 2.55. The molecule has 0 N–H and O–H groups in total. The fourth-order valence-corrected chi connectivity index (χ4v) is 3.59. The highest BCUT2D eigenvalue weighted by molar-refractivity contribution is 5.85.